The Morgan fingerprint density at radius 2 is 1.70 bits per heavy atom. The minimum absolute atomic E-state index is 0.142. The molecule has 158 valence electrons. The summed E-state index contributed by atoms with van der Waals surface area (Å²) < 4.78 is 44.2. The fourth-order valence-electron chi connectivity index (χ4n) is 3.87. The van der Waals surface area contributed by atoms with Crippen LogP contribution in [-0.4, -0.2) is 21.1 Å². The molecule has 0 radical (unpaired) electrons. The van der Waals surface area contributed by atoms with Crippen LogP contribution in [0.3, 0.4) is 0 Å². The van der Waals surface area contributed by atoms with E-state index < -0.39 is 11.9 Å². The molecule has 0 unspecified atom stereocenters. The van der Waals surface area contributed by atoms with Crippen molar-refractivity contribution in [1.29, 1.82) is 0 Å². The van der Waals surface area contributed by atoms with Gasteiger partial charge in [-0.15, -0.1) is 0 Å². The number of nitrogens with one attached hydrogen (secondary N) is 1. The normalized spacial score (nSPS) is 19.6. The largest absolute Gasteiger partial charge is 0.490 e. The van der Waals surface area contributed by atoms with Gasteiger partial charge in [-0.2, -0.15) is 13.2 Å². The number of aromatic nitrogens is 3. The summed E-state index contributed by atoms with van der Waals surface area (Å²) in [5.74, 6) is 1.83. The number of hydrogen-bond donors (Lipinski definition) is 1. The number of rotatable bonds is 5. The molecule has 30 heavy (non-hydrogen) atoms. The molecule has 2 aromatic heterocycles. The number of nitrogens with zero attached hydrogens (tertiary/aromatic N) is 2. The van der Waals surface area contributed by atoms with Crippen molar-refractivity contribution in [2.75, 3.05) is 0 Å². The van der Waals surface area contributed by atoms with Gasteiger partial charge in [0.15, 0.2) is 5.69 Å². The molecule has 1 saturated carbocycles. The zero-order valence-electron chi connectivity index (χ0n) is 16.7. The number of imidazole rings is 1. The van der Waals surface area contributed by atoms with E-state index in [1.807, 2.05) is 24.3 Å². The Balaban J connectivity index is 1.40. The minimum atomic E-state index is -4.47. The first-order valence-corrected chi connectivity index (χ1v) is 10.3. The maximum absolute atomic E-state index is 12.7. The van der Waals surface area contributed by atoms with E-state index >= 15 is 0 Å². The lowest BCUT2D eigenvalue weighted by atomic mass is 9.86. The third-order valence-electron chi connectivity index (χ3n) is 5.73. The molecule has 0 amide bonds. The fourth-order valence-corrected chi connectivity index (χ4v) is 3.87. The number of hydrogen-bond acceptors (Lipinski definition) is 3. The maximum Gasteiger partial charge on any atom is 0.434 e. The van der Waals surface area contributed by atoms with Gasteiger partial charge in [0.25, 0.3) is 0 Å². The summed E-state index contributed by atoms with van der Waals surface area (Å²) in [4.78, 5) is 10.5. The molecular formula is C23H24F3N3O. The first-order valence-electron chi connectivity index (χ1n) is 10.3. The average molecular weight is 415 g/mol. The molecule has 0 bridgehead atoms. The van der Waals surface area contributed by atoms with Crippen molar-refractivity contribution in [3.8, 4) is 28.4 Å². The average Bonchev–Trinajstić information content (AvgIpc) is 3.26. The van der Waals surface area contributed by atoms with E-state index in [0.717, 1.165) is 42.0 Å². The number of aromatic amines is 1. The highest BCUT2D eigenvalue weighted by molar-refractivity contribution is 5.63. The van der Waals surface area contributed by atoms with E-state index in [4.69, 9.17) is 4.74 Å². The van der Waals surface area contributed by atoms with E-state index in [0.29, 0.717) is 5.56 Å². The van der Waals surface area contributed by atoms with Crippen LogP contribution in [0.4, 0.5) is 13.2 Å². The van der Waals surface area contributed by atoms with Crippen LogP contribution in [0, 0.1) is 5.92 Å². The smallest absolute Gasteiger partial charge is 0.434 e. The van der Waals surface area contributed by atoms with Crippen LogP contribution in [-0.2, 0) is 6.18 Å². The standard InChI is InChI=1S/C23H24F3N3O/c1-2-15-3-8-18(9-4-15)30-19-10-5-16(6-11-19)20-12-7-17(13-27-20)22-28-14-21(29-22)23(24,25)26/h5-7,10-15,18H,2-4,8-9H2,1H3,(H,28,29)/t15-,18-. The van der Waals surface area contributed by atoms with Crippen molar-refractivity contribution in [2.24, 2.45) is 5.92 Å². The second-order valence-electron chi connectivity index (χ2n) is 7.76. The van der Waals surface area contributed by atoms with Crippen LogP contribution in [0.1, 0.15) is 44.7 Å². The lowest BCUT2D eigenvalue weighted by molar-refractivity contribution is -0.140. The lowest BCUT2D eigenvalue weighted by Gasteiger charge is -2.28. The molecule has 1 aliphatic carbocycles. The molecule has 1 fully saturated rings. The van der Waals surface area contributed by atoms with E-state index in [9.17, 15) is 13.2 Å². The quantitative estimate of drug-likeness (QED) is 0.517. The van der Waals surface area contributed by atoms with Gasteiger partial charge in [-0.05, 0) is 68.0 Å². The zero-order chi connectivity index (χ0) is 21.1. The molecule has 4 nitrogen and oxygen atoms in total. The fraction of sp³-hybridized carbons (Fsp3) is 0.391. The number of pyridine rings is 1. The molecule has 0 aliphatic heterocycles. The number of halogens is 3. The predicted molar refractivity (Wildman–Crippen MR) is 109 cm³/mol. The van der Waals surface area contributed by atoms with Gasteiger partial charge in [0.05, 0.1) is 11.8 Å². The Kier molecular flexibility index (Phi) is 5.79. The Hall–Kier alpha value is -2.83. The summed E-state index contributed by atoms with van der Waals surface area (Å²) in [5.41, 5.74) is 1.20. The molecule has 7 heteroatoms. The van der Waals surface area contributed by atoms with Crippen LogP contribution in [0.25, 0.3) is 22.6 Å². The van der Waals surface area contributed by atoms with Crippen LogP contribution in [0.15, 0.2) is 48.8 Å². The number of alkyl halides is 3. The molecule has 1 N–H and O–H groups in total. The third kappa shape index (κ3) is 4.66. The first-order chi connectivity index (χ1) is 14.4. The van der Waals surface area contributed by atoms with Crippen molar-refractivity contribution in [3.63, 3.8) is 0 Å². The van der Waals surface area contributed by atoms with Crippen molar-refractivity contribution in [1.82, 2.24) is 15.0 Å². The van der Waals surface area contributed by atoms with Gasteiger partial charge in [0.2, 0.25) is 0 Å². The molecule has 1 aliphatic rings. The van der Waals surface area contributed by atoms with Gasteiger partial charge in [-0.25, -0.2) is 4.98 Å². The van der Waals surface area contributed by atoms with Gasteiger partial charge in [0, 0.05) is 23.5 Å². The molecular weight excluding hydrogens is 391 g/mol. The predicted octanol–water partition coefficient (Wildman–Crippen LogP) is 6.51. The number of benzene rings is 1. The Bertz CT molecular complexity index is 957. The molecule has 2 heterocycles. The maximum atomic E-state index is 12.7. The molecule has 0 atom stereocenters. The van der Waals surface area contributed by atoms with Crippen molar-refractivity contribution < 1.29 is 17.9 Å². The van der Waals surface area contributed by atoms with Crippen molar-refractivity contribution in [3.05, 3.63) is 54.5 Å². The Morgan fingerprint density at radius 1 is 1.00 bits per heavy atom. The highest BCUT2D eigenvalue weighted by Gasteiger charge is 2.33. The van der Waals surface area contributed by atoms with Gasteiger partial charge in [-0.3, -0.25) is 4.98 Å². The summed E-state index contributed by atoms with van der Waals surface area (Å²) in [6.07, 6.45) is 4.11. The zero-order valence-corrected chi connectivity index (χ0v) is 16.7. The van der Waals surface area contributed by atoms with Gasteiger partial charge in [0.1, 0.15) is 11.6 Å². The minimum Gasteiger partial charge on any atom is -0.490 e. The van der Waals surface area contributed by atoms with Gasteiger partial charge < -0.3 is 9.72 Å². The van der Waals surface area contributed by atoms with E-state index in [1.54, 1.807) is 12.1 Å². The van der Waals surface area contributed by atoms with E-state index in [2.05, 4.69) is 21.9 Å². The lowest BCUT2D eigenvalue weighted by Crippen LogP contribution is -2.23. The summed E-state index contributed by atoms with van der Waals surface area (Å²) in [7, 11) is 0. The Labute approximate surface area is 173 Å². The van der Waals surface area contributed by atoms with E-state index in [-0.39, 0.29) is 11.9 Å². The van der Waals surface area contributed by atoms with Gasteiger partial charge >= 0.3 is 6.18 Å². The monoisotopic (exact) mass is 415 g/mol. The van der Waals surface area contributed by atoms with Crippen LogP contribution < -0.4 is 4.74 Å². The summed E-state index contributed by atoms with van der Waals surface area (Å²) >= 11 is 0. The molecule has 1 aromatic carbocycles. The van der Waals surface area contributed by atoms with Gasteiger partial charge in [-0.1, -0.05) is 13.3 Å². The summed E-state index contributed by atoms with van der Waals surface area (Å²) in [5, 5.41) is 0. The first kappa shape index (κ1) is 20.4. The topological polar surface area (TPSA) is 50.8 Å². The number of H-pyrrole nitrogens is 1. The summed E-state index contributed by atoms with van der Waals surface area (Å²) in [6.45, 7) is 2.25. The van der Waals surface area contributed by atoms with Crippen LogP contribution >= 0.6 is 0 Å². The SMILES string of the molecule is CC[C@H]1CC[C@H](Oc2ccc(-c3ccc(-c4nc(C(F)(F)F)c[nH]4)cn3)cc2)CC1. The molecule has 4 rings (SSSR count). The Morgan fingerprint density at radius 3 is 2.27 bits per heavy atom. The second kappa shape index (κ2) is 8.50. The van der Waals surface area contributed by atoms with Crippen LogP contribution in [0.5, 0.6) is 5.75 Å². The highest BCUT2D eigenvalue weighted by atomic mass is 19.4. The van der Waals surface area contributed by atoms with Crippen molar-refractivity contribution in [2.45, 2.75) is 51.3 Å². The summed E-state index contributed by atoms with van der Waals surface area (Å²) in [6, 6.07) is 11.3. The highest BCUT2D eigenvalue weighted by Crippen LogP contribution is 2.31. The van der Waals surface area contributed by atoms with Crippen molar-refractivity contribution >= 4 is 0 Å². The molecule has 0 saturated heterocycles. The second-order valence-corrected chi connectivity index (χ2v) is 7.76. The number of ether oxygens (including phenoxy) is 1. The third-order valence-corrected chi connectivity index (χ3v) is 5.73. The molecule has 3 aromatic rings. The van der Waals surface area contributed by atoms with E-state index in [1.165, 1.54) is 25.5 Å². The molecule has 0 spiro atoms. The van der Waals surface area contributed by atoms with Crippen LogP contribution in [0.2, 0.25) is 0 Å².